The van der Waals surface area contributed by atoms with Crippen LogP contribution < -0.4 is 5.32 Å². The highest BCUT2D eigenvalue weighted by Gasteiger charge is 2.18. The minimum absolute atomic E-state index is 0.0606. The molecule has 0 aliphatic carbocycles. The van der Waals surface area contributed by atoms with E-state index in [1.54, 1.807) is 48.5 Å². The van der Waals surface area contributed by atoms with E-state index in [1.807, 2.05) is 13.0 Å². The van der Waals surface area contributed by atoms with E-state index in [0.717, 1.165) is 0 Å². The second-order valence-corrected chi connectivity index (χ2v) is 5.48. The molecule has 2 N–H and O–H groups in total. The molecule has 0 heterocycles. The summed E-state index contributed by atoms with van der Waals surface area (Å²) in [5.74, 6) is -0.435. The molecule has 0 aliphatic rings. The fourth-order valence-electron chi connectivity index (χ4n) is 2.40. The molecule has 1 atom stereocenters. The number of nitrogens with one attached hydrogen (secondary N) is 1. The van der Waals surface area contributed by atoms with E-state index in [2.05, 4.69) is 5.32 Å². The van der Waals surface area contributed by atoms with Gasteiger partial charge in [0.1, 0.15) is 0 Å². The van der Waals surface area contributed by atoms with Crippen LogP contribution >= 0.6 is 0 Å². The van der Waals surface area contributed by atoms with Gasteiger partial charge in [0.05, 0.1) is 5.56 Å². The van der Waals surface area contributed by atoms with Gasteiger partial charge in [0.25, 0.3) is 5.91 Å². The van der Waals surface area contributed by atoms with E-state index in [-0.39, 0.29) is 24.3 Å². The second-order valence-electron chi connectivity index (χ2n) is 5.48. The van der Waals surface area contributed by atoms with E-state index in [4.69, 9.17) is 5.11 Å². The van der Waals surface area contributed by atoms with Crippen LogP contribution in [-0.2, 0) is 0 Å². The van der Waals surface area contributed by atoms with E-state index in [0.29, 0.717) is 29.5 Å². The zero-order valence-electron chi connectivity index (χ0n) is 13.2. The van der Waals surface area contributed by atoms with Crippen LogP contribution in [0.2, 0.25) is 0 Å². The van der Waals surface area contributed by atoms with Gasteiger partial charge in [-0.25, -0.2) is 0 Å². The maximum absolute atomic E-state index is 12.6. The smallest absolute Gasteiger partial charge is 0.252 e. The molecule has 1 unspecified atom stereocenters. The van der Waals surface area contributed by atoms with Gasteiger partial charge in [-0.1, -0.05) is 48.5 Å². The number of hydrogen-bond acceptors (Lipinski definition) is 3. The highest BCUT2D eigenvalue weighted by molar-refractivity contribution is 6.15. The average molecular weight is 311 g/mol. The van der Waals surface area contributed by atoms with Crippen molar-refractivity contribution in [2.24, 2.45) is 0 Å². The van der Waals surface area contributed by atoms with E-state index < -0.39 is 0 Å². The summed E-state index contributed by atoms with van der Waals surface area (Å²) < 4.78 is 0. The monoisotopic (exact) mass is 311 g/mol. The van der Waals surface area contributed by atoms with E-state index >= 15 is 0 Å². The van der Waals surface area contributed by atoms with Crippen LogP contribution in [0, 0.1) is 0 Å². The largest absolute Gasteiger partial charge is 0.396 e. The highest BCUT2D eigenvalue weighted by Crippen LogP contribution is 2.15. The SMILES string of the molecule is CC(CCCO)NC(=O)c1ccccc1C(=O)c1ccccc1. The molecule has 2 rings (SSSR count). The Morgan fingerprint density at radius 2 is 1.61 bits per heavy atom. The molecule has 0 bridgehead atoms. The third kappa shape index (κ3) is 4.50. The number of hydrogen-bond donors (Lipinski definition) is 2. The zero-order valence-corrected chi connectivity index (χ0v) is 13.2. The van der Waals surface area contributed by atoms with Crippen molar-refractivity contribution in [3.05, 3.63) is 71.3 Å². The van der Waals surface area contributed by atoms with Crippen molar-refractivity contribution < 1.29 is 14.7 Å². The molecule has 23 heavy (non-hydrogen) atoms. The standard InChI is InChI=1S/C19H21NO3/c1-14(8-7-13-21)20-19(23)17-12-6-5-11-16(17)18(22)15-9-3-2-4-10-15/h2-6,9-12,14,21H,7-8,13H2,1H3,(H,20,23). The van der Waals surface area contributed by atoms with Crippen LogP contribution in [-0.4, -0.2) is 29.4 Å². The normalized spacial score (nSPS) is 11.7. The number of benzene rings is 2. The van der Waals surface area contributed by atoms with Crippen LogP contribution in [0.25, 0.3) is 0 Å². The van der Waals surface area contributed by atoms with Gasteiger partial charge in [-0.2, -0.15) is 0 Å². The predicted molar refractivity (Wildman–Crippen MR) is 89.6 cm³/mol. The zero-order chi connectivity index (χ0) is 16.7. The molecule has 2 aromatic carbocycles. The van der Waals surface area contributed by atoms with Crippen molar-refractivity contribution in [2.45, 2.75) is 25.8 Å². The lowest BCUT2D eigenvalue weighted by Gasteiger charge is -2.15. The lowest BCUT2D eigenvalue weighted by Crippen LogP contribution is -2.33. The van der Waals surface area contributed by atoms with Crippen molar-refractivity contribution >= 4 is 11.7 Å². The fraction of sp³-hybridized carbons (Fsp3) is 0.263. The van der Waals surface area contributed by atoms with Crippen LogP contribution in [0.5, 0.6) is 0 Å². The molecule has 0 aromatic heterocycles. The summed E-state index contributed by atoms with van der Waals surface area (Å²) in [5, 5.41) is 11.7. The average Bonchev–Trinajstić information content (AvgIpc) is 2.60. The molecule has 0 radical (unpaired) electrons. The molecule has 0 spiro atoms. The Bertz CT molecular complexity index is 667. The van der Waals surface area contributed by atoms with Gasteiger partial charge in [-0.15, -0.1) is 0 Å². The minimum Gasteiger partial charge on any atom is -0.396 e. The molecule has 0 saturated carbocycles. The van der Waals surface area contributed by atoms with E-state index in [1.165, 1.54) is 0 Å². The summed E-state index contributed by atoms with van der Waals surface area (Å²) >= 11 is 0. The maximum Gasteiger partial charge on any atom is 0.252 e. The van der Waals surface area contributed by atoms with Gasteiger partial charge in [-0.3, -0.25) is 9.59 Å². The topological polar surface area (TPSA) is 66.4 Å². The number of ketones is 1. The van der Waals surface area contributed by atoms with Crippen molar-refractivity contribution in [1.29, 1.82) is 0 Å². The Kier molecular flexibility index (Phi) is 6.06. The first kappa shape index (κ1) is 16.9. The first-order valence-corrected chi connectivity index (χ1v) is 7.74. The Morgan fingerprint density at radius 3 is 2.26 bits per heavy atom. The van der Waals surface area contributed by atoms with Gasteiger partial charge in [0, 0.05) is 23.8 Å². The van der Waals surface area contributed by atoms with Gasteiger partial charge >= 0.3 is 0 Å². The number of carbonyl (C=O) groups excluding carboxylic acids is 2. The quantitative estimate of drug-likeness (QED) is 0.773. The van der Waals surface area contributed by atoms with E-state index in [9.17, 15) is 9.59 Å². The summed E-state index contributed by atoms with van der Waals surface area (Å²) in [4.78, 5) is 25.1. The van der Waals surface area contributed by atoms with Crippen molar-refractivity contribution in [3.63, 3.8) is 0 Å². The molecule has 2 aromatic rings. The van der Waals surface area contributed by atoms with Crippen LogP contribution in [0.4, 0.5) is 0 Å². The van der Waals surface area contributed by atoms with Crippen LogP contribution in [0.15, 0.2) is 54.6 Å². The number of aliphatic hydroxyl groups excluding tert-OH is 1. The Balaban J connectivity index is 2.20. The first-order valence-electron chi connectivity index (χ1n) is 7.74. The summed E-state index contributed by atoms with van der Waals surface area (Å²) in [6, 6.07) is 15.7. The second kappa shape index (κ2) is 8.25. The third-order valence-corrected chi connectivity index (χ3v) is 3.63. The van der Waals surface area contributed by atoms with Crippen molar-refractivity contribution in [3.8, 4) is 0 Å². The maximum atomic E-state index is 12.6. The highest BCUT2D eigenvalue weighted by atomic mass is 16.3. The Morgan fingerprint density at radius 1 is 1.00 bits per heavy atom. The number of carbonyl (C=O) groups is 2. The lowest BCUT2D eigenvalue weighted by molar-refractivity contribution is 0.0926. The number of rotatable bonds is 7. The molecule has 4 nitrogen and oxygen atoms in total. The fourth-order valence-corrected chi connectivity index (χ4v) is 2.40. The Labute approximate surface area is 136 Å². The summed E-state index contributed by atoms with van der Waals surface area (Å²) in [7, 11) is 0. The molecule has 120 valence electrons. The molecule has 4 heteroatoms. The molecule has 0 fully saturated rings. The Hall–Kier alpha value is -2.46. The van der Waals surface area contributed by atoms with Gasteiger partial charge in [-0.05, 0) is 25.8 Å². The third-order valence-electron chi connectivity index (χ3n) is 3.63. The van der Waals surface area contributed by atoms with Crippen molar-refractivity contribution in [1.82, 2.24) is 5.32 Å². The molecular weight excluding hydrogens is 290 g/mol. The van der Waals surface area contributed by atoms with Crippen LogP contribution in [0.1, 0.15) is 46.0 Å². The molecule has 0 saturated heterocycles. The summed E-state index contributed by atoms with van der Waals surface area (Å²) in [5.41, 5.74) is 1.32. The summed E-state index contributed by atoms with van der Waals surface area (Å²) in [6.45, 7) is 1.98. The minimum atomic E-state index is -0.268. The van der Waals surface area contributed by atoms with Crippen molar-refractivity contribution in [2.75, 3.05) is 6.61 Å². The number of aliphatic hydroxyl groups is 1. The van der Waals surface area contributed by atoms with Gasteiger partial charge < -0.3 is 10.4 Å². The predicted octanol–water partition coefficient (Wildman–Crippen LogP) is 2.81. The number of amides is 1. The lowest BCUT2D eigenvalue weighted by atomic mass is 9.97. The van der Waals surface area contributed by atoms with Gasteiger partial charge in [0.2, 0.25) is 0 Å². The molecule has 0 aliphatic heterocycles. The van der Waals surface area contributed by atoms with Gasteiger partial charge in [0.15, 0.2) is 5.78 Å². The summed E-state index contributed by atoms with van der Waals surface area (Å²) in [6.07, 6.45) is 1.32. The first-order chi connectivity index (χ1) is 11.1. The van der Waals surface area contributed by atoms with Crippen LogP contribution in [0.3, 0.4) is 0 Å². The molecule has 1 amide bonds. The molecular formula is C19H21NO3.